The highest BCUT2D eigenvalue weighted by atomic mass is 16.2. The van der Waals surface area contributed by atoms with Crippen molar-refractivity contribution in [2.45, 2.75) is 25.2 Å². The fourth-order valence-corrected chi connectivity index (χ4v) is 3.06. The lowest BCUT2D eigenvalue weighted by atomic mass is 10.1. The monoisotopic (exact) mass is 363 g/mol. The van der Waals surface area contributed by atoms with E-state index in [1.54, 1.807) is 18.5 Å². The fraction of sp³-hybridized carbons (Fsp3) is 0.318. The molecule has 2 N–H and O–H groups in total. The topological polar surface area (TPSA) is 71.1 Å². The van der Waals surface area contributed by atoms with Crippen LogP contribution in [0.25, 0.3) is 6.08 Å². The molecule has 0 spiro atoms. The number of hydrogen-bond acceptors (Lipinski definition) is 3. The number of benzene rings is 1. The van der Waals surface area contributed by atoms with Crippen molar-refractivity contribution in [1.29, 1.82) is 0 Å². The molecule has 2 amide bonds. The molecule has 140 valence electrons. The molecule has 5 heteroatoms. The van der Waals surface area contributed by atoms with Crippen molar-refractivity contribution in [2.75, 3.05) is 13.1 Å². The highest BCUT2D eigenvalue weighted by Gasteiger charge is 2.43. The Kier molecular flexibility index (Phi) is 6.74. The second-order valence-corrected chi connectivity index (χ2v) is 6.77. The number of hydrogen-bond donors (Lipinski definition) is 2. The van der Waals surface area contributed by atoms with Crippen LogP contribution < -0.4 is 10.6 Å². The summed E-state index contributed by atoms with van der Waals surface area (Å²) in [5.41, 5.74) is 2.14. The van der Waals surface area contributed by atoms with Crippen LogP contribution in [0.1, 0.15) is 36.3 Å². The van der Waals surface area contributed by atoms with Crippen LogP contribution in [0.15, 0.2) is 60.9 Å². The smallest absolute Gasteiger partial charge is 0.243 e. The lowest BCUT2D eigenvalue weighted by Gasteiger charge is -2.06. The van der Waals surface area contributed by atoms with Crippen molar-refractivity contribution in [3.05, 3.63) is 72.1 Å². The van der Waals surface area contributed by atoms with E-state index in [9.17, 15) is 9.59 Å². The van der Waals surface area contributed by atoms with Crippen LogP contribution in [0.5, 0.6) is 0 Å². The van der Waals surface area contributed by atoms with Crippen LogP contribution in [0, 0.1) is 5.92 Å². The highest BCUT2D eigenvalue weighted by Crippen LogP contribution is 2.47. The quantitative estimate of drug-likeness (QED) is 0.532. The van der Waals surface area contributed by atoms with Crippen molar-refractivity contribution in [1.82, 2.24) is 15.6 Å². The van der Waals surface area contributed by atoms with Crippen LogP contribution in [-0.4, -0.2) is 29.9 Å². The van der Waals surface area contributed by atoms with Gasteiger partial charge in [0.05, 0.1) is 0 Å². The van der Waals surface area contributed by atoms with Gasteiger partial charge in [0, 0.05) is 37.5 Å². The Bertz CT molecular complexity index is 775. The van der Waals surface area contributed by atoms with E-state index < -0.39 is 0 Å². The first-order valence-corrected chi connectivity index (χ1v) is 9.42. The highest BCUT2D eigenvalue weighted by molar-refractivity contribution is 5.91. The molecule has 2 atom stereocenters. The van der Waals surface area contributed by atoms with E-state index in [2.05, 4.69) is 27.8 Å². The first-order chi connectivity index (χ1) is 13.2. The average Bonchev–Trinajstić information content (AvgIpc) is 3.51. The molecule has 5 nitrogen and oxygen atoms in total. The molecule has 27 heavy (non-hydrogen) atoms. The predicted molar refractivity (Wildman–Crippen MR) is 106 cm³/mol. The molecule has 1 aliphatic carbocycles. The molecule has 0 bridgehead atoms. The summed E-state index contributed by atoms with van der Waals surface area (Å²) in [6.45, 7) is 1.25. The Balaban J connectivity index is 1.24. The Morgan fingerprint density at radius 2 is 1.81 bits per heavy atom. The number of nitrogens with zero attached hydrogens (tertiary/aromatic N) is 1. The normalized spacial score (nSPS) is 18.2. The molecular formula is C22H25N3O2. The number of rotatable bonds is 9. The number of carbonyl (C=O) groups excluding carboxylic acids is 2. The van der Waals surface area contributed by atoms with Crippen molar-refractivity contribution < 1.29 is 9.59 Å². The summed E-state index contributed by atoms with van der Waals surface area (Å²) in [4.78, 5) is 27.9. The fourth-order valence-electron chi connectivity index (χ4n) is 3.06. The largest absolute Gasteiger partial charge is 0.356 e. The number of carbonyl (C=O) groups is 2. The Hall–Kier alpha value is -2.95. The van der Waals surface area contributed by atoms with Crippen LogP contribution in [0.2, 0.25) is 0 Å². The van der Waals surface area contributed by atoms with E-state index in [4.69, 9.17) is 0 Å². The standard InChI is InChI=1S/C22H25N3O2/c26-21(11-10-17-7-6-12-23-16-17)24-13-4-5-14-25-22(27)20-15-19(20)18-8-2-1-3-9-18/h1-3,6-12,16,19-20H,4-5,13-15H2,(H,24,26)(H,25,27). The number of unbranched alkanes of at least 4 members (excludes halogenated alkanes) is 1. The zero-order valence-electron chi connectivity index (χ0n) is 15.3. The minimum Gasteiger partial charge on any atom is -0.356 e. The van der Waals surface area contributed by atoms with Crippen LogP contribution in [0.4, 0.5) is 0 Å². The second kappa shape index (κ2) is 9.67. The van der Waals surface area contributed by atoms with Gasteiger partial charge in [-0.3, -0.25) is 14.6 Å². The molecule has 2 unspecified atom stereocenters. The van der Waals surface area contributed by atoms with Gasteiger partial charge in [-0.1, -0.05) is 36.4 Å². The third-order valence-electron chi connectivity index (χ3n) is 4.67. The summed E-state index contributed by atoms with van der Waals surface area (Å²) < 4.78 is 0. The zero-order valence-corrected chi connectivity index (χ0v) is 15.3. The lowest BCUT2D eigenvalue weighted by Crippen LogP contribution is -2.28. The number of pyridine rings is 1. The summed E-state index contributed by atoms with van der Waals surface area (Å²) in [5.74, 6) is 0.515. The molecule has 0 aliphatic heterocycles. The van der Waals surface area contributed by atoms with Crippen LogP contribution >= 0.6 is 0 Å². The number of amides is 2. The van der Waals surface area contributed by atoms with Gasteiger partial charge >= 0.3 is 0 Å². The molecule has 0 radical (unpaired) electrons. The SMILES string of the molecule is O=C(C=Cc1cccnc1)NCCCCNC(=O)C1CC1c1ccccc1. The third kappa shape index (κ3) is 6.06. The maximum atomic E-state index is 12.2. The van der Waals surface area contributed by atoms with E-state index in [0.717, 1.165) is 24.8 Å². The van der Waals surface area contributed by atoms with E-state index in [1.165, 1.54) is 11.6 Å². The van der Waals surface area contributed by atoms with E-state index >= 15 is 0 Å². The molecule has 1 aromatic heterocycles. The molecule has 2 aromatic rings. The van der Waals surface area contributed by atoms with Gasteiger partial charge in [0.2, 0.25) is 11.8 Å². The van der Waals surface area contributed by atoms with E-state index in [0.29, 0.717) is 19.0 Å². The molecule has 3 rings (SSSR count). The molecule has 0 saturated heterocycles. The van der Waals surface area contributed by atoms with Crippen molar-refractivity contribution in [2.24, 2.45) is 5.92 Å². The van der Waals surface area contributed by atoms with Crippen LogP contribution in [0.3, 0.4) is 0 Å². The van der Waals surface area contributed by atoms with E-state index in [-0.39, 0.29) is 17.7 Å². The van der Waals surface area contributed by atoms with Gasteiger partial charge in [0.1, 0.15) is 0 Å². The van der Waals surface area contributed by atoms with Crippen molar-refractivity contribution in [3.8, 4) is 0 Å². The van der Waals surface area contributed by atoms with Gasteiger partial charge in [0.25, 0.3) is 0 Å². The van der Waals surface area contributed by atoms with Gasteiger partial charge < -0.3 is 10.6 Å². The zero-order chi connectivity index (χ0) is 18.9. The predicted octanol–water partition coefficient (Wildman–Crippen LogP) is 2.91. The van der Waals surface area contributed by atoms with Gasteiger partial charge in [-0.15, -0.1) is 0 Å². The average molecular weight is 363 g/mol. The molecular weight excluding hydrogens is 338 g/mol. The third-order valence-corrected chi connectivity index (χ3v) is 4.67. The lowest BCUT2D eigenvalue weighted by molar-refractivity contribution is -0.122. The Morgan fingerprint density at radius 3 is 2.56 bits per heavy atom. The first-order valence-electron chi connectivity index (χ1n) is 9.42. The molecule has 1 heterocycles. The maximum Gasteiger partial charge on any atom is 0.243 e. The molecule has 1 saturated carbocycles. The minimum atomic E-state index is -0.119. The first kappa shape index (κ1) is 18.8. The second-order valence-electron chi connectivity index (χ2n) is 6.77. The number of aromatic nitrogens is 1. The summed E-state index contributed by atoms with van der Waals surface area (Å²) in [6, 6.07) is 13.9. The van der Waals surface area contributed by atoms with Gasteiger partial charge in [-0.05, 0) is 48.4 Å². The summed E-state index contributed by atoms with van der Waals surface area (Å²) >= 11 is 0. The van der Waals surface area contributed by atoms with Crippen molar-refractivity contribution >= 4 is 17.9 Å². The maximum absolute atomic E-state index is 12.2. The van der Waals surface area contributed by atoms with Crippen molar-refractivity contribution in [3.63, 3.8) is 0 Å². The molecule has 1 aromatic carbocycles. The van der Waals surface area contributed by atoms with Gasteiger partial charge in [0.15, 0.2) is 0 Å². The minimum absolute atomic E-state index is 0.115. The summed E-state index contributed by atoms with van der Waals surface area (Å²) in [7, 11) is 0. The Morgan fingerprint density at radius 1 is 1.04 bits per heavy atom. The van der Waals surface area contributed by atoms with E-state index in [1.807, 2.05) is 30.3 Å². The molecule has 1 fully saturated rings. The summed E-state index contributed by atoms with van der Waals surface area (Å²) in [6.07, 6.45) is 9.27. The van der Waals surface area contributed by atoms with Gasteiger partial charge in [-0.25, -0.2) is 0 Å². The number of nitrogens with one attached hydrogen (secondary N) is 2. The Labute approximate surface area is 159 Å². The molecule has 1 aliphatic rings. The van der Waals surface area contributed by atoms with Crippen LogP contribution in [-0.2, 0) is 9.59 Å². The summed E-state index contributed by atoms with van der Waals surface area (Å²) in [5, 5.41) is 5.85. The van der Waals surface area contributed by atoms with Gasteiger partial charge in [-0.2, -0.15) is 0 Å².